The van der Waals surface area contributed by atoms with Crippen LogP contribution < -0.4 is 0 Å². The second kappa shape index (κ2) is 6.10. The molecule has 0 amide bonds. The third-order valence-electron chi connectivity index (χ3n) is 0.535. The van der Waals surface area contributed by atoms with Gasteiger partial charge in [-0.25, -0.2) is 0 Å². The highest BCUT2D eigenvalue weighted by Crippen LogP contribution is 1.73. The van der Waals surface area contributed by atoms with Crippen molar-refractivity contribution in [1.82, 2.24) is 0 Å². The Labute approximate surface area is 50.4 Å². The van der Waals surface area contributed by atoms with Gasteiger partial charge in [-0.15, -0.1) is 6.58 Å². The van der Waals surface area contributed by atoms with Crippen molar-refractivity contribution in [2.75, 3.05) is 6.61 Å². The summed E-state index contributed by atoms with van der Waals surface area (Å²) >= 11 is 0. The molecule has 44 valence electrons. The first-order chi connectivity index (χ1) is 3.91. The molecule has 0 atom stereocenters. The van der Waals surface area contributed by atoms with Crippen LogP contribution in [-0.2, 0) is 4.74 Å². The number of hydrogen-bond acceptors (Lipinski definition) is 1. The van der Waals surface area contributed by atoms with E-state index in [1.54, 1.807) is 6.08 Å². The minimum Gasteiger partial charge on any atom is -0.447 e. The molecule has 0 radical (unpaired) electrons. The molecule has 0 saturated heterocycles. The molecule has 0 aliphatic rings. The van der Waals surface area contributed by atoms with Crippen LogP contribution in [0.3, 0.4) is 0 Å². The van der Waals surface area contributed by atoms with Gasteiger partial charge in [0.15, 0.2) is 0 Å². The van der Waals surface area contributed by atoms with Crippen molar-refractivity contribution in [3.63, 3.8) is 0 Å². The predicted molar refractivity (Wildman–Crippen MR) is 34.2 cm³/mol. The molecule has 0 spiro atoms. The highest BCUT2D eigenvalue weighted by molar-refractivity contribution is 4.97. The average Bonchev–Trinajstić information content (AvgIpc) is 1.81. The van der Waals surface area contributed by atoms with E-state index in [1.807, 2.05) is 6.92 Å². The smallest absolute Gasteiger partial charge is 0.110 e. The SMILES string of the molecule is C=CCC#COCC. The lowest BCUT2D eigenvalue weighted by molar-refractivity contribution is 0.299. The van der Waals surface area contributed by atoms with Gasteiger partial charge in [0.25, 0.3) is 0 Å². The molecule has 0 aromatic heterocycles. The molecule has 0 bridgehead atoms. The van der Waals surface area contributed by atoms with Crippen molar-refractivity contribution in [3.8, 4) is 12.0 Å². The normalized spacial score (nSPS) is 6.62. The summed E-state index contributed by atoms with van der Waals surface area (Å²) in [5, 5.41) is 0. The number of ether oxygens (including phenoxy) is 1. The molecule has 0 aromatic carbocycles. The maximum absolute atomic E-state index is 4.73. The summed E-state index contributed by atoms with van der Waals surface area (Å²) in [7, 11) is 0. The zero-order valence-electron chi connectivity index (χ0n) is 5.11. The minimum absolute atomic E-state index is 0.657. The standard InChI is InChI=1S/C7H10O/c1-3-5-6-7-8-4-2/h3H,1,4-5H2,2H3. The minimum atomic E-state index is 0.657. The Hall–Kier alpha value is -0.900. The maximum Gasteiger partial charge on any atom is 0.110 e. The van der Waals surface area contributed by atoms with Crippen LogP contribution in [0.5, 0.6) is 0 Å². The van der Waals surface area contributed by atoms with Gasteiger partial charge in [-0.1, -0.05) is 12.0 Å². The first kappa shape index (κ1) is 7.10. The molecule has 0 aromatic rings. The van der Waals surface area contributed by atoms with Gasteiger partial charge in [0, 0.05) is 6.42 Å². The topological polar surface area (TPSA) is 9.23 Å². The van der Waals surface area contributed by atoms with Crippen LogP contribution in [-0.4, -0.2) is 6.61 Å². The lowest BCUT2D eigenvalue weighted by Gasteiger charge is -1.82. The zero-order chi connectivity index (χ0) is 6.24. The van der Waals surface area contributed by atoms with Crippen LogP contribution in [0.1, 0.15) is 13.3 Å². The van der Waals surface area contributed by atoms with Crippen molar-refractivity contribution < 1.29 is 4.74 Å². The van der Waals surface area contributed by atoms with Crippen LogP contribution in [0.2, 0.25) is 0 Å². The van der Waals surface area contributed by atoms with Gasteiger partial charge in [0.1, 0.15) is 6.11 Å². The van der Waals surface area contributed by atoms with Crippen LogP contribution >= 0.6 is 0 Å². The molecule has 0 heterocycles. The van der Waals surface area contributed by atoms with Crippen molar-refractivity contribution in [2.24, 2.45) is 0 Å². The summed E-state index contributed by atoms with van der Waals surface area (Å²) < 4.78 is 4.73. The van der Waals surface area contributed by atoms with E-state index in [0.29, 0.717) is 13.0 Å². The summed E-state index contributed by atoms with van der Waals surface area (Å²) in [6, 6.07) is 0. The molecule has 0 N–H and O–H groups in total. The predicted octanol–water partition coefficient (Wildman–Crippen LogP) is 1.56. The van der Waals surface area contributed by atoms with Gasteiger partial charge in [0.05, 0.1) is 6.61 Å². The Balaban J connectivity index is 3.07. The van der Waals surface area contributed by atoms with Crippen LogP contribution in [0.4, 0.5) is 0 Å². The fraction of sp³-hybridized carbons (Fsp3) is 0.429. The van der Waals surface area contributed by atoms with Crippen molar-refractivity contribution in [3.05, 3.63) is 12.7 Å². The molecule has 1 heteroatoms. The highest BCUT2D eigenvalue weighted by Gasteiger charge is 1.64. The third kappa shape index (κ3) is 5.10. The molecule has 0 saturated carbocycles. The first-order valence-corrected chi connectivity index (χ1v) is 2.62. The summed E-state index contributed by atoms with van der Waals surface area (Å²) in [5.41, 5.74) is 0. The molecule has 0 aliphatic heterocycles. The van der Waals surface area contributed by atoms with Crippen LogP contribution in [0.15, 0.2) is 12.7 Å². The fourth-order valence-electron chi connectivity index (χ4n) is 0.237. The molecular formula is C7H10O. The van der Waals surface area contributed by atoms with Gasteiger partial charge in [0.2, 0.25) is 0 Å². The highest BCUT2D eigenvalue weighted by atomic mass is 16.5. The fourth-order valence-corrected chi connectivity index (χ4v) is 0.237. The van der Waals surface area contributed by atoms with Gasteiger partial charge >= 0.3 is 0 Å². The molecule has 8 heavy (non-hydrogen) atoms. The molecule has 0 aliphatic carbocycles. The molecule has 0 rings (SSSR count). The second-order valence-electron chi connectivity index (χ2n) is 1.20. The van der Waals surface area contributed by atoms with E-state index in [2.05, 4.69) is 18.6 Å². The van der Waals surface area contributed by atoms with Crippen LogP contribution in [0, 0.1) is 12.0 Å². The van der Waals surface area contributed by atoms with Crippen molar-refractivity contribution in [2.45, 2.75) is 13.3 Å². The summed E-state index contributed by atoms with van der Waals surface area (Å²) in [5.74, 6) is 2.75. The summed E-state index contributed by atoms with van der Waals surface area (Å²) in [4.78, 5) is 0. The zero-order valence-corrected chi connectivity index (χ0v) is 5.11. The molecule has 0 fully saturated rings. The van der Waals surface area contributed by atoms with Crippen molar-refractivity contribution in [1.29, 1.82) is 0 Å². The molecule has 1 nitrogen and oxygen atoms in total. The second-order valence-corrected chi connectivity index (χ2v) is 1.20. The van der Waals surface area contributed by atoms with E-state index in [-0.39, 0.29) is 0 Å². The largest absolute Gasteiger partial charge is 0.447 e. The Bertz CT molecular complexity index is 105. The number of rotatable bonds is 2. The average molecular weight is 110 g/mol. The number of allylic oxidation sites excluding steroid dienone is 1. The summed E-state index contributed by atoms with van der Waals surface area (Å²) in [6.07, 6.45) is 4.97. The Morgan fingerprint density at radius 2 is 2.50 bits per heavy atom. The Kier molecular flexibility index (Phi) is 5.41. The van der Waals surface area contributed by atoms with Crippen LogP contribution in [0.25, 0.3) is 0 Å². The van der Waals surface area contributed by atoms with E-state index in [1.165, 1.54) is 0 Å². The Morgan fingerprint density at radius 3 is 3.00 bits per heavy atom. The van der Waals surface area contributed by atoms with E-state index in [9.17, 15) is 0 Å². The maximum atomic E-state index is 4.73. The van der Waals surface area contributed by atoms with E-state index in [0.717, 1.165) is 0 Å². The third-order valence-corrected chi connectivity index (χ3v) is 0.535. The van der Waals surface area contributed by atoms with Gasteiger partial charge < -0.3 is 4.74 Å². The lowest BCUT2D eigenvalue weighted by Crippen LogP contribution is -1.75. The van der Waals surface area contributed by atoms with Gasteiger partial charge in [-0.3, -0.25) is 0 Å². The lowest BCUT2D eigenvalue weighted by atomic mass is 10.4. The Morgan fingerprint density at radius 1 is 1.75 bits per heavy atom. The van der Waals surface area contributed by atoms with Gasteiger partial charge in [-0.05, 0) is 6.92 Å². The quantitative estimate of drug-likeness (QED) is 0.387. The molecule has 0 unspecified atom stereocenters. The monoisotopic (exact) mass is 110 g/mol. The molecular weight excluding hydrogens is 100 g/mol. The van der Waals surface area contributed by atoms with Gasteiger partial charge in [-0.2, -0.15) is 0 Å². The van der Waals surface area contributed by atoms with Crippen molar-refractivity contribution >= 4 is 0 Å². The number of hydrogen-bond donors (Lipinski definition) is 0. The van der Waals surface area contributed by atoms with E-state index in [4.69, 9.17) is 4.74 Å². The van der Waals surface area contributed by atoms with E-state index < -0.39 is 0 Å². The van der Waals surface area contributed by atoms with E-state index >= 15 is 0 Å². The summed E-state index contributed by atoms with van der Waals surface area (Å²) in [6.45, 7) is 6.06. The first-order valence-electron chi connectivity index (χ1n) is 2.62.